The van der Waals surface area contributed by atoms with E-state index in [1.165, 1.54) is 13.5 Å². The maximum Gasteiger partial charge on any atom is 0.326 e. The summed E-state index contributed by atoms with van der Waals surface area (Å²) in [5.74, 6) is 0.688. The van der Waals surface area contributed by atoms with Gasteiger partial charge in [-0.3, -0.25) is 9.10 Å². The summed E-state index contributed by atoms with van der Waals surface area (Å²) in [6.07, 6.45) is 5.22. The minimum absolute atomic E-state index is 0.190. The monoisotopic (exact) mass is 523 g/mol. The van der Waals surface area contributed by atoms with Crippen LogP contribution in [0.2, 0.25) is 0 Å². The molecule has 1 N–H and O–H groups in total. The first-order chi connectivity index (χ1) is 17.7. The normalized spacial score (nSPS) is 13.8. The fraction of sp³-hybridized carbons (Fsp3) is 0.370. The lowest BCUT2D eigenvalue weighted by molar-refractivity contribution is -0.138. The Morgan fingerprint density at radius 2 is 1.68 bits per heavy atom. The average molecular weight is 524 g/mol. The van der Waals surface area contributed by atoms with Crippen molar-refractivity contribution >= 4 is 39.1 Å². The number of carbonyl (C=O) groups excluding carboxylic acids is 1. The Morgan fingerprint density at radius 3 is 2.30 bits per heavy atom. The zero-order chi connectivity index (χ0) is 26.6. The number of methoxy groups -OCH3 is 1. The molecule has 0 radical (unpaired) electrons. The third-order valence-electron chi connectivity index (χ3n) is 6.36. The number of carbonyl (C=O) groups is 1. The molecule has 3 aromatic rings. The van der Waals surface area contributed by atoms with E-state index in [0.29, 0.717) is 28.6 Å². The number of hydrogen-bond donors (Lipinski definition) is 1. The minimum Gasteiger partial charge on any atom is -0.468 e. The maximum absolute atomic E-state index is 13.8. The topological polar surface area (TPSA) is 105 Å². The van der Waals surface area contributed by atoms with Crippen molar-refractivity contribution in [2.24, 2.45) is 0 Å². The molecule has 4 rings (SSSR count). The molecular weight excluding hydrogens is 490 g/mol. The van der Waals surface area contributed by atoms with Crippen LogP contribution in [0.3, 0.4) is 0 Å². The van der Waals surface area contributed by atoms with Gasteiger partial charge in [0, 0.05) is 25.0 Å². The fourth-order valence-corrected chi connectivity index (χ4v) is 6.53. The summed E-state index contributed by atoms with van der Waals surface area (Å²) in [5, 5.41) is 3.26. The van der Waals surface area contributed by atoms with Crippen molar-refractivity contribution in [3.8, 4) is 0 Å². The summed E-state index contributed by atoms with van der Waals surface area (Å²) < 4.78 is 33.5. The lowest BCUT2D eigenvalue weighted by Gasteiger charge is -2.26. The summed E-state index contributed by atoms with van der Waals surface area (Å²) >= 11 is 0. The molecule has 0 unspecified atom stereocenters. The Kier molecular flexibility index (Phi) is 7.97. The molecule has 2 heterocycles. The van der Waals surface area contributed by atoms with Crippen LogP contribution in [0.1, 0.15) is 36.0 Å². The van der Waals surface area contributed by atoms with E-state index in [4.69, 9.17) is 4.74 Å². The van der Waals surface area contributed by atoms with Crippen molar-refractivity contribution in [2.45, 2.75) is 44.9 Å². The average Bonchev–Trinajstić information content (AvgIpc) is 2.87. The minimum atomic E-state index is -4.04. The van der Waals surface area contributed by atoms with Gasteiger partial charge in [-0.25, -0.2) is 13.4 Å². The molecule has 10 heteroatoms. The molecule has 0 saturated carbocycles. The van der Waals surface area contributed by atoms with Gasteiger partial charge < -0.3 is 15.0 Å². The predicted molar refractivity (Wildman–Crippen MR) is 145 cm³/mol. The second kappa shape index (κ2) is 11.2. The SMILES string of the molecule is COC(=O)CN(c1ccc(Nc2ccnc(N3CCCCC3)n2)cc1)S(=O)(=O)c1c(C)cc(C)cc1C. The van der Waals surface area contributed by atoms with Crippen molar-refractivity contribution in [1.82, 2.24) is 9.97 Å². The molecule has 2 aromatic carbocycles. The fourth-order valence-electron chi connectivity index (χ4n) is 4.70. The van der Waals surface area contributed by atoms with E-state index in [2.05, 4.69) is 20.2 Å². The lowest BCUT2D eigenvalue weighted by atomic mass is 10.1. The Morgan fingerprint density at radius 1 is 1.03 bits per heavy atom. The van der Waals surface area contributed by atoms with Gasteiger partial charge in [0.15, 0.2) is 0 Å². The van der Waals surface area contributed by atoms with Crippen LogP contribution in [0.25, 0.3) is 0 Å². The van der Waals surface area contributed by atoms with E-state index < -0.39 is 22.5 Å². The number of rotatable bonds is 8. The second-order valence-corrected chi connectivity index (χ2v) is 11.1. The molecule has 1 aliphatic rings. The highest BCUT2D eigenvalue weighted by atomic mass is 32.2. The van der Waals surface area contributed by atoms with E-state index in [9.17, 15) is 13.2 Å². The van der Waals surface area contributed by atoms with E-state index in [1.54, 1.807) is 50.4 Å². The van der Waals surface area contributed by atoms with Gasteiger partial charge in [-0.05, 0) is 81.5 Å². The molecule has 0 aliphatic carbocycles. The maximum atomic E-state index is 13.8. The number of aryl methyl sites for hydroxylation is 3. The van der Waals surface area contributed by atoms with Crippen LogP contribution >= 0.6 is 0 Å². The van der Waals surface area contributed by atoms with Crippen molar-refractivity contribution in [3.63, 3.8) is 0 Å². The highest BCUT2D eigenvalue weighted by Crippen LogP contribution is 2.30. The Bertz CT molecular complexity index is 1350. The molecule has 1 aromatic heterocycles. The van der Waals surface area contributed by atoms with Crippen molar-refractivity contribution < 1.29 is 17.9 Å². The van der Waals surface area contributed by atoms with Gasteiger partial charge in [-0.15, -0.1) is 0 Å². The molecule has 1 fully saturated rings. The Hall–Kier alpha value is -3.66. The second-order valence-electron chi connectivity index (χ2n) is 9.28. The summed E-state index contributed by atoms with van der Waals surface area (Å²) in [6, 6.07) is 12.3. The molecule has 0 atom stereocenters. The quantitative estimate of drug-likeness (QED) is 0.430. The van der Waals surface area contributed by atoms with Gasteiger partial charge in [0.1, 0.15) is 12.4 Å². The van der Waals surface area contributed by atoms with E-state index >= 15 is 0 Å². The van der Waals surface area contributed by atoms with Crippen LogP contribution in [-0.2, 0) is 19.6 Å². The van der Waals surface area contributed by atoms with Crippen LogP contribution in [0.5, 0.6) is 0 Å². The summed E-state index contributed by atoms with van der Waals surface area (Å²) in [4.78, 5) is 23.6. The number of esters is 1. The predicted octanol–water partition coefficient (Wildman–Crippen LogP) is 4.50. The van der Waals surface area contributed by atoms with Gasteiger partial charge in [0.05, 0.1) is 17.7 Å². The van der Waals surface area contributed by atoms with Gasteiger partial charge >= 0.3 is 5.97 Å². The zero-order valence-electron chi connectivity index (χ0n) is 21.7. The first-order valence-corrected chi connectivity index (χ1v) is 13.8. The smallest absolute Gasteiger partial charge is 0.326 e. The third kappa shape index (κ3) is 6.02. The van der Waals surface area contributed by atoms with Gasteiger partial charge in [0.25, 0.3) is 10.0 Å². The van der Waals surface area contributed by atoms with Crippen molar-refractivity contribution in [3.05, 3.63) is 65.4 Å². The number of anilines is 4. The molecule has 1 aliphatic heterocycles. The number of ether oxygens (including phenoxy) is 1. The van der Waals surface area contributed by atoms with Crippen molar-refractivity contribution in [2.75, 3.05) is 41.3 Å². The molecule has 37 heavy (non-hydrogen) atoms. The van der Waals surface area contributed by atoms with Gasteiger partial charge in [-0.2, -0.15) is 4.98 Å². The van der Waals surface area contributed by atoms with Gasteiger partial charge in [0.2, 0.25) is 5.95 Å². The summed E-state index contributed by atoms with van der Waals surface area (Å²) in [7, 11) is -2.80. The molecule has 1 saturated heterocycles. The van der Waals surface area contributed by atoms with Crippen LogP contribution in [0.4, 0.5) is 23.1 Å². The van der Waals surface area contributed by atoms with E-state index in [1.807, 2.05) is 19.1 Å². The van der Waals surface area contributed by atoms with Crippen LogP contribution in [-0.4, -0.2) is 51.1 Å². The third-order valence-corrected chi connectivity index (χ3v) is 8.44. The van der Waals surface area contributed by atoms with Gasteiger partial charge in [-0.1, -0.05) is 17.7 Å². The zero-order valence-corrected chi connectivity index (χ0v) is 22.5. The molecule has 196 valence electrons. The summed E-state index contributed by atoms with van der Waals surface area (Å²) in [6.45, 7) is 6.89. The number of nitrogens with zero attached hydrogens (tertiary/aromatic N) is 4. The Labute approximate surface area is 218 Å². The highest BCUT2D eigenvalue weighted by molar-refractivity contribution is 7.93. The first-order valence-electron chi connectivity index (χ1n) is 12.3. The molecule has 0 amide bonds. The number of aromatic nitrogens is 2. The van der Waals surface area contributed by atoms with Crippen molar-refractivity contribution in [1.29, 1.82) is 0 Å². The van der Waals surface area contributed by atoms with Crippen LogP contribution in [0, 0.1) is 20.8 Å². The number of hydrogen-bond acceptors (Lipinski definition) is 8. The van der Waals surface area contributed by atoms with Crippen LogP contribution in [0.15, 0.2) is 53.6 Å². The Balaban J connectivity index is 1.61. The number of sulfonamides is 1. The molecule has 0 bridgehead atoms. The molecule has 9 nitrogen and oxygen atoms in total. The summed E-state index contributed by atoms with van der Waals surface area (Å²) in [5.41, 5.74) is 3.30. The number of piperidine rings is 1. The van der Waals surface area contributed by atoms with Crippen LogP contribution < -0.4 is 14.5 Å². The molecule has 0 spiro atoms. The molecular formula is C27H33N5O4S. The largest absolute Gasteiger partial charge is 0.468 e. The van der Waals surface area contributed by atoms with E-state index in [0.717, 1.165) is 41.5 Å². The standard InChI is InChI=1S/C27H33N5O4S/c1-19-16-20(2)26(21(3)17-19)37(34,35)32(18-25(33)36-4)23-10-8-22(9-11-23)29-24-12-13-28-27(30-24)31-14-6-5-7-15-31/h8-13,16-17H,5-7,14-15,18H2,1-4H3,(H,28,29,30). The first kappa shape index (κ1) is 26.4. The van der Waals surface area contributed by atoms with E-state index in [-0.39, 0.29) is 4.90 Å². The number of nitrogens with one attached hydrogen (secondary N) is 1. The lowest BCUT2D eigenvalue weighted by Crippen LogP contribution is -2.37. The number of benzene rings is 2. The highest BCUT2D eigenvalue weighted by Gasteiger charge is 2.30.